The Labute approximate surface area is 104 Å². The second-order valence-electron chi connectivity index (χ2n) is 4.63. The van der Waals surface area contributed by atoms with E-state index < -0.39 is 0 Å². The number of nitrogens with zero attached hydrogens (tertiary/aromatic N) is 1. The molecular weight excluding hydrogens is 212 g/mol. The summed E-state index contributed by atoms with van der Waals surface area (Å²) in [4.78, 5) is 2.39. The first-order valence-electron chi connectivity index (χ1n) is 6.44. The third kappa shape index (κ3) is 3.45. The highest BCUT2D eigenvalue weighted by molar-refractivity contribution is 5.31. The van der Waals surface area contributed by atoms with E-state index in [9.17, 15) is 0 Å². The molecule has 0 aromatic heterocycles. The van der Waals surface area contributed by atoms with Crippen LogP contribution in [0, 0.1) is 0 Å². The van der Waals surface area contributed by atoms with Crippen molar-refractivity contribution in [1.82, 2.24) is 10.2 Å². The first-order valence-corrected chi connectivity index (χ1v) is 6.44. The number of hydrogen-bond donors (Lipinski definition) is 1. The molecule has 94 valence electrons. The van der Waals surface area contributed by atoms with Gasteiger partial charge in [-0.05, 0) is 51.2 Å². The summed E-state index contributed by atoms with van der Waals surface area (Å²) >= 11 is 0. The zero-order chi connectivity index (χ0) is 12.1. The molecule has 1 heterocycles. The van der Waals surface area contributed by atoms with Gasteiger partial charge in [-0.3, -0.25) is 0 Å². The fraction of sp³-hybridized carbons (Fsp3) is 0.571. The van der Waals surface area contributed by atoms with Gasteiger partial charge in [0, 0.05) is 12.6 Å². The molecule has 0 saturated carbocycles. The number of hydrogen-bond acceptors (Lipinski definition) is 3. The van der Waals surface area contributed by atoms with Crippen molar-refractivity contribution in [3.8, 4) is 5.75 Å². The third-order valence-corrected chi connectivity index (χ3v) is 3.17. The van der Waals surface area contributed by atoms with E-state index in [0.29, 0.717) is 6.04 Å². The van der Waals surface area contributed by atoms with Crippen LogP contribution in [-0.2, 0) is 0 Å². The predicted molar refractivity (Wildman–Crippen MR) is 70.5 cm³/mol. The van der Waals surface area contributed by atoms with Crippen LogP contribution in [0.2, 0.25) is 0 Å². The standard InChI is InChI=1S/C14H22N2O/c1-3-17-13-7-4-6-12(10-13)14-11-16(2)9-5-8-15-14/h4,6-7,10,14-15H,3,5,8-9,11H2,1-2H3. The summed E-state index contributed by atoms with van der Waals surface area (Å²) in [6.45, 7) is 6.07. The maximum Gasteiger partial charge on any atom is 0.119 e. The summed E-state index contributed by atoms with van der Waals surface area (Å²) in [5.41, 5.74) is 1.32. The van der Waals surface area contributed by atoms with Crippen LogP contribution in [0.25, 0.3) is 0 Å². The number of likely N-dealkylation sites (N-methyl/N-ethyl adjacent to an activating group) is 1. The Morgan fingerprint density at radius 1 is 1.47 bits per heavy atom. The lowest BCUT2D eigenvalue weighted by Gasteiger charge is -2.21. The van der Waals surface area contributed by atoms with Crippen LogP contribution in [-0.4, -0.2) is 38.2 Å². The van der Waals surface area contributed by atoms with Gasteiger partial charge in [-0.15, -0.1) is 0 Å². The lowest BCUT2D eigenvalue weighted by molar-refractivity contribution is 0.323. The summed E-state index contributed by atoms with van der Waals surface area (Å²) in [6, 6.07) is 8.85. The Morgan fingerprint density at radius 3 is 3.18 bits per heavy atom. The van der Waals surface area contributed by atoms with Crippen LogP contribution in [0.5, 0.6) is 5.75 Å². The zero-order valence-corrected chi connectivity index (χ0v) is 10.8. The molecule has 1 aliphatic heterocycles. The predicted octanol–water partition coefficient (Wildman–Crippen LogP) is 2.05. The smallest absolute Gasteiger partial charge is 0.119 e. The molecule has 1 unspecified atom stereocenters. The van der Waals surface area contributed by atoms with Crippen molar-refractivity contribution in [3.05, 3.63) is 29.8 Å². The van der Waals surface area contributed by atoms with Crippen molar-refractivity contribution >= 4 is 0 Å². The first-order chi connectivity index (χ1) is 8.29. The van der Waals surface area contributed by atoms with Crippen molar-refractivity contribution in [3.63, 3.8) is 0 Å². The molecule has 17 heavy (non-hydrogen) atoms. The van der Waals surface area contributed by atoms with E-state index in [2.05, 4.69) is 35.5 Å². The second-order valence-corrected chi connectivity index (χ2v) is 4.63. The van der Waals surface area contributed by atoms with Crippen molar-refractivity contribution in [2.75, 3.05) is 33.3 Å². The molecule has 1 aromatic rings. The summed E-state index contributed by atoms with van der Waals surface area (Å²) in [7, 11) is 2.19. The van der Waals surface area contributed by atoms with E-state index in [4.69, 9.17) is 4.74 Å². The molecule has 0 radical (unpaired) electrons. The second kappa shape index (κ2) is 6.03. The molecule has 2 rings (SSSR count). The molecule has 1 aromatic carbocycles. The van der Waals surface area contributed by atoms with Gasteiger partial charge in [0.2, 0.25) is 0 Å². The lowest BCUT2D eigenvalue weighted by Crippen LogP contribution is -2.28. The Bertz CT molecular complexity index is 354. The highest BCUT2D eigenvalue weighted by Gasteiger charge is 2.16. The van der Waals surface area contributed by atoms with Crippen LogP contribution in [0.15, 0.2) is 24.3 Å². The summed E-state index contributed by atoms with van der Waals surface area (Å²) in [5, 5.41) is 3.60. The largest absolute Gasteiger partial charge is 0.494 e. The number of rotatable bonds is 3. The quantitative estimate of drug-likeness (QED) is 0.866. The molecule has 1 N–H and O–H groups in total. The molecule has 3 nitrogen and oxygen atoms in total. The molecule has 0 bridgehead atoms. The van der Waals surface area contributed by atoms with Crippen LogP contribution in [0.3, 0.4) is 0 Å². The van der Waals surface area contributed by atoms with Gasteiger partial charge in [-0.25, -0.2) is 0 Å². The van der Waals surface area contributed by atoms with Crippen LogP contribution in [0.1, 0.15) is 24.9 Å². The molecule has 3 heteroatoms. The van der Waals surface area contributed by atoms with Gasteiger partial charge in [0.1, 0.15) is 5.75 Å². The maximum atomic E-state index is 5.55. The van der Waals surface area contributed by atoms with Gasteiger partial charge in [0.15, 0.2) is 0 Å². The molecule has 1 aliphatic rings. The molecule has 0 amide bonds. The van der Waals surface area contributed by atoms with E-state index in [1.807, 2.05) is 13.0 Å². The van der Waals surface area contributed by atoms with Gasteiger partial charge in [0.05, 0.1) is 6.61 Å². The monoisotopic (exact) mass is 234 g/mol. The number of nitrogens with one attached hydrogen (secondary N) is 1. The Balaban J connectivity index is 2.11. The number of ether oxygens (including phenoxy) is 1. The molecule has 1 atom stereocenters. The average Bonchev–Trinajstić information content (AvgIpc) is 2.55. The van der Waals surface area contributed by atoms with E-state index in [-0.39, 0.29) is 0 Å². The summed E-state index contributed by atoms with van der Waals surface area (Å²) in [5.74, 6) is 0.971. The number of benzene rings is 1. The minimum Gasteiger partial charge on any atom is -0.494 e. The maximum absolute atomic E-state index is 5.55. The van der Waals surface area contributed by atoms with Crippen molar-refractivity contribution in [2.45, 2.75) is 19.4 Å². The Kier molecular flexibility index (Phi) is 4.40. The molecular formula is C14H22N2O. The fourth-order valence-corrected chi connectivity index (χ4v) is 2.30. The normalized spacial score (nSPS) is 22.1. The Hall–Kier alpha value is -1.06. The highest BCUT2D eigenvalue weighted by Crippen LogP contribution is 2.21. The van der Waals surface area contributed by atoms with E-state index in [1.165, 1.54) is 18.5 Å². The van der Waals surface area contributed by atoms with Crippen molar-refractivity contribution in [2.24, 2.45) is 0 Å². The molecule has 0 spiro atoms. The third-order valence-electron chi connectivity index (χ3n) is 3.17. The van der Waals surface area contributed by atoms with E-state index in [1.54, 1.807) is 0 Å². The Morgan fingerprint density at radius 2 is 2.35 bits per heavy atom. The minimum atomic E-state index is 0.419. The van der Waals surface area contributed by atoms with Crippen LogP contribution >= 0.6 is 0 Å². The minimum absolute atomic E-state index is 0.419. The topological polar surface area (TPSA) is 24.5 Å². The molecule has 1 fully saturated rings. The SMILES string of the molecule is CCOc1cccc(C2CN(C)CCCN2)c1. The summed E-state index contributed by atoms with van der Waals surface area (Å²) < 4.78 is 5.55. The first kappa shape index (κ1) is 12.4. The fourth-order valence-electron chi connectivity index (χ4n) is 2.30. The van der Waals surface area contributed by atoms with Gasteiger partial charge < -0.3 is 15.0 Å². The van der Waals surface area contributed by atoms with Crippen molar-refractivity contribution in [1.29, 1.82) is 0 Å². The average molecular weight is 234 g/mol. The van der Waals surface area contributed by atoms with Gasteiger partial charge in [0.25, 0.3) is 0 Å². The van der Waals surface area contributed by atoms with E-state index in [0.717, 1.165) is 25.4 Å². The van der Waals surface area contributed by atoms with Gasteiger partial charge in [-0.1, -0.05) is 12.1 Å². The molecule has 1 saturated heterocycles. The van der Waals surface area contributed by atoms with Crippen molar-refractivity contribution < 1.29 is 4.74 Å². The highest BCUT2D eigenvalue weighted by atomic mass is 16.5. The zero-order valence-electron chi connectivity index (χ0n) is 10.8. The summed E-state index contributed by atoms with van der Waals surface area (Å²) in [6.07, 6.45) is 1.22. The lowest BCUT2D eigenvalue weighted by atomic mass is 10.1. The van der Waals surface area contributed by atoms with Crippen LogP contribution < -0.4 is 10.1 Å². The van der Waals surface area contributed by atoms with E-state index >= 15 is 0 Å². The van der Waals surface area contributed by atoms with Crippen LogP contribution in [0.4, 0.5) is 0 Å². The molecule has 0 aliphatic carbocycles. The van der Waals surface area contributed by atoms with Gasteiger partial charge in [-0.2, -0.15) is 0 Å². The van der Waals surface area contributed by atoms with Gasteiger partial charge >= 0.3 is 0 Å².